The monoisotopic (exact) mass is 183 g/mol. The summed E-state index contributed by atoms with van der Waals surface area (Å²) in [5.74, 6) is 0. The summed E-state index contributed by atoms with van der Waals surface area (Å²) in [5.41, 5.74) is 0.928. The topological polar surface area (TPSA) is 32.9 Å². The molecule has 2 aromatic rings. The lowest BCUT2D eigenvalue weighted by atomic mass is 10.3. The van der Waals surface area contributed by atoms with E-state index in [0.29, 0.717) is 0 Å². The van der Waals surface area contributed by atoms with Crippen molar-refractivity contribution in [1.29, 1.82) is 0 Å². The van der Waals surface area contributed by atoms with Crippen LogP contribution in [0.3, 0.4) is 0 Å². The number of benzene rings is 1. The second kappa shape index (κ2) is 4.07. The fourth-order valence-corrected chi connectivity index (χ4v) is 1.63. The number of fused-ring (bicyclic) bond motifs is 1. The lowest BCUT2D eigenvalue weighted by molar-refractivity contribution is 1.41. The van der Waals surface area contributed by atoms with Gasteiger partial charge in [-0.25, -0.2) is 0 Å². The number of rotatable bonds is 0. The largest absolute Gasteiger partial charge is 0.312 e. The molecular weight excluding hydrogens is 170 g/mol. The Kier molecular flexibility index (Phi) is 3.05. The van der Waals surface area contributed by atoms with E-state index in [-0.39, 0.29) is 6.30 Å². The number of hydrogen-bond donors (Lipinski definition) is 1. The molecule has 3 heteroatoms. The predicted molar refractivity (Wildman–Crippen MR) is 55.9 cm³/mol. The van der Waals surface area contributed by atoms with Gasteiger partial charge in [0.1, 0.15) is 0 Å². The second-order valence-corrected chi connectivity index (χ2v) is 3.03. The van der Waals surface area contributed by atoms with Gasteiger partial charge in [0.05, 0.1) is 10.2 Å². The molecule has 66 valence electrons. The van der Waals surface area contributed by atoms with Crippen LogP contribution in [0.4, 0.5) is 0 Å². The number of H-pyrrole nitrogens is 1. The molecule has 0 radical (unpaired) electrons. The summed E-state index contributed by atoms with van der Waals surface area (Å²) in [7, 11) is 0. The van der Waals surface area contributed by atoms with Gasteiger partial charge in [-0.05, 0) is 12.1 Å². The molecule has 2 rings (SSSR count). The zero-order valence-electron chi connectivity index (χ0n) is 7.13. The summed E-state index contributed by atoms with van der Waals surface area (Å²) in [6.07, 6.45) is 0. The van der Waals surface area contributed by atoms with Crippen LogP contribution < -0.4 is 4.87 Å². The summed E-state index contributed by atoms with van der Waals surface area (Å²) < 4.78 is 1.02. The fraction of sp³-hybridized carbons (Fsp3) is 0.222. The van der Waals surface area contributed by atoms with Crippen molar-refractivity contribution in [2.75, 3.05) is 0 Å². The maximum atomic E-state index is 10.8. The van der Waals surface area contributed by atoms with Crippen LogP contribution in [-0.4, -0.2) is 4.98 Å². The average Bonchev–Trinajstić information content (AvgIpc) is 2.48. The molecule has 0 amide bonds. The van der Waals surface area contributed by atoms with Gasteiger partial charge in [-0.15, -0.1) is 0 Å². The number of aromatic nitrogens is 1. The summed E-state index contributed by atoms with van der Waals surface area (Å²) >= 11 is 1.24. The van der Waals surface area contributed by atoms with Crippen LogP contribution >= 0.6 is 11.3 Å². The van der Waals surface area contributed by atoms with Crippen molar-refractivity contribution >= 4 is 21.6 Å². The molecule has 0 unspecified atom stereocenters. The Labute approximate surface area is 76.4 Å². The summed E-state index contributed by atoms with van der Waals surface area (Å²) in [5, 5.41) is 0. The normalized spacial score (nSPS) is 9.17. The molecule has 0 spiro atoms. The first-order valence-corrected chi connectivity index (χ1v) is 4.76. The van der Waals surface area contributed by atoms with Crippen LogP contribution in [0, 0.1) is 0 Å². The Balaban J connectivity index is 0.000000451. The van der Waals surface area contributed by atoms with E-state index in [1.807, 2.05) is 38.1 Å². The Morgan fingerprint density at radius 1 is 1.33 bits per heavy atom. The highest BCUT2D eigenvalue weighted by Crippen LogP contribution is 2.11. The molecule has 0 saturated heterocycles. The van der Waals surface area contributed by atoms with Crippen molar-refractivity contribution in [2.24, 2.45) is 0 Å². The highest BCUT2D eigenvalue weighted by molar-refractivity contribution is 7.16. The van der Waals surface area contributed by atoms with Crippen molar-refractivity contribution in [3.8, 4) is 0 Å². The van der Waals surface area contributed by atoms with Gasteiger partial charge in [-0.1, -0.05) is 37.3 Å². The number of thiazole rings is 1. The van der Waals surface area contributed by atoms with E-state index in [1.165, 1.54) is 11.3 Å². The van der Waals surface area contributed by atoms with Gasteiger partial charge >= 0.3 is 4.87 Å². The fourth-order valence-electron chi connectivity index (χ4n) is 0.894. The van der Waals surface area contributed by atoms with E-state index >= 15 is 0 Å². The van der Waals surface area contributed by atoms with Gasteiger partial charge < -0.3 is 4.98 Å². The molecule has 1 aromatic heterocycles. The SMILES string of the molecule is CC.O=c1[nH]c2ccccc2s1.[HH]. The molecule has 2 nitrogen and oxygen atoms in total. The minimum Gasteiger partial charge on any atom is -0.312 e. The summed E-state index contributed by atoms with van der Waals surface area (Å²) in [4.78, 5) is 13.5. The average molecular weight is 183 g/mol. The first kappa shape index (κ1) is 9.00. The third kappa shape index (κ3) is 1.74. The van der Waals surface area contributed by atoms with Gasteiger partial charge in [-0.3, -0.25) is 4.79 Å². The van der Waals surface area contributed by atoms with Gasteiger partial charge in [-0.2, -0.15) is 0 Å². The van der Waals surface area contributed by atoms with Crippen LogP contribution in [0.5, 0.6) is 0 Å². The molecule has 1 heterocycles. The highest BCUT2D eigenvalue weighted by atomic mass is 32.1. The van der Waals surface area contributed by atoms with Crippen molar-refractivity contribution in [1.82, 2.24) is 4.98 Å². The Morgan fingerprint density at radius 3 is 2.67 bits per heavy atom. The predicted octanol–water partition coefficient (Wildman–Crippen LogP) is 2.86. The van der Waals surface area contributed by atoms with Crippen LogP contribution in [0.25, 0.3) is 10.2 Å². The number of nitrogens with one attached hydrogen (secondary N) is 1. The first-order chi connectivity index (χ1) is 5.86. The number of hydrogen-bond acceptors (Lipinski definition) is 2. The molecular formula is C9H13NOS. The molecule has 0 aliphatic heterocycles. The molecule has 1 aromatic carbocycles. The van der Waals surface area contributed by atoms with E-state index in [4.69, 9.17) is 0 Å². The van der Waals surface area contributed by atoms with Crippen molar-refractivity contribution in [3.05, 3.63) is 33.9 Å². The standard InChI is InChI=1S/C7H5NOS.C2H6.H2/c9-7-8-5-3-1-2-4-6(5)10-7;1-2;/h1-4H,(H,8,9);1-2H3;1H. The molecule has 0 fully saturated rings. The quantitative estimate of drug-likeness (QED) is 0.669. The molecule has 12 heavy (non-hydrogen) atoms. The molecule has 0 bridgehead atoms. The Morgan fingerprint density at radius 2 is 2.00 bits per heavy atom. The number of para-hydroxylation sites is 1. The van der Waals surface area contributed by atoms with Crippen LogP contribution in [0.1, 0.15) is 15.3 Å². The van der Waals surface area contributed by atoms with Crippen molar-refractivity contribution in [2.45, 2.75) is 13.8 Å². The zero-order chi connectivity index (χ0) is 8.97. The third-order valence-corrected chi connectivity index (χ3v) is 2.19. The minimum atomic E-state index is 0. The summed E-state index contributed by atoms with van der Waals surface area (Å²) in [6.45, 7) is 4.00. The molecule has 0 aliphatic carbocycles. The van der Waals surface area contributed by atoms with Crippen LogP contribution in [0.2, 0.25) is 0 Å². The Bertz CT molecular complexity index is 371. The van der Waals surface area contributed by atoms with E-state index in [2.05, 4.69) is 4.98 Å². The molecule has 0 atom stereocenters. The van der Waals surface area contributed by atoms with Gasteiger partial charge in [0.2, 0.25) is 0 Å². The lowest BCUT2D eigenvalue weighted by Crippen LogP contribution is -1.89. The molecule has 0 saturated carbocycles. The molecule has 1 N–H and O–H groups in total. The number of aromatic amines is 1. The maximum absolute atomic E-state index is 10.8. The third-order valence-electron chi connectivity index (χ3n) is 1.33. The summed E-state index contributed by atoms with van der Waals surface area (Å²) in [6, 6.07) is 7.65. The van der Waals surface area contributed by atoms with Gasteiger partial charge in [0, 0.05) is 1.43 Å². The highest BCUT2D eigenvalue weighted by Gasteiger charge is 1.93. The van der Waals surface area contributed by atoms with E-state index in [9.17, 15) is 4.79 Å². The minimum absolute atomic E-state index is 0. The smallest absolute Gasteiger partial charge is 0.305 e. The van der Waals surface area contributed by atoms with E-state index in [0.717, 1.165) is 10.2 Å². The van der Waals surface area contributed by atoms with Crippen molar-refractivity contribution in [3.63, 3.8) is 0 Å². The van der Waals surface area contributed by atoms with Gasteiger partial charge in [0.25, 0.3) is 0 Å². The van der Waals surface area contributed by atoms with Gasteiger partial charge in [0.15, 0.2) is 0 Å². The second-order valence-electron chi connectivity index (χ2n) is 2.01. The lowest BCUT2D eigenvalue weighted by Gasteiger charge is -1.81. The van der Waals surface area contributed by atoms with Crippen molar-refractivity contribution < 1.29 is 1.43 Å². The van der Waals surface area contributed by atoms with Crippen LogP contribution in [0.15, 0.2) is 29.1 Å². The Hall–Kier alpha value is -1.09. The zero-order valence-corrected chi connectivity index (χ0v) is 7.94. The van der Waals surface area contributed by atoms with E-state index in [1.54, 1.807) is 0 Å². The van der Waals surface area contributed by atoms with E-state index < -0.39 is 0 Å². The first-order valence-electron chi connectivity index (χ1n) is 3.94. The molecule has 0 aliphatic rings. The maximum Gasteiger partial charge on any atom is 0.305 e. The van der Waals surface area contributed by atoms with Crippen LogP contribution in [-0.2, 0) is 0 Å².